The summed E-state index contributed by atoms with van der Waals surface area (Å²) < 4.78 is 17.9. The van der Waals surface area contributed by atoms with E-state index >= 15 is 0 Å². The minimum Gasteiger partial charge on any atom is -0.493 e. The van der Waals surface area contributed by atoms with E-state index in [1.54, 1.807) is 0 Å². The molecule has 0 atom stereocenters. The summed E-state index contributed by atoms with van der Waals surface area (Å²) in [5.41, 5.74) is 2.73. The molecule has 19 heavy (non-hydrogen) atoms. The fourth-order valence-corrected chi connectivity index (χ4v) is 3.86. The zero-order valence-corrected chi connectivity index (χ0v) is 11.9. The van der Waals surface area contributed by atoms with Gasteiger partial charge in [0.05, 0.1) is 37.0 Å². The lowest BCUT2D eigenvalue weighted by Crippen LogP contribution is -2.46. The second-order valence-corrected chi connectivity index (χ2v) is 5.98. The largest absolute Gasteiger partial charge is 0.493 e. The Kier molecular flexibility index (Phi) is 2.36. The summed E-state index contributed by atoms with van der Waals surface area (Å²) in [6, 6.07) is 2.43. The van der Waals surface area contributed by atoms with Crippen LogP contribution in [0, 0.1) is 11.3 Å². The maximum atomic E-state index is 9.58. The molecule has 98 valence electrons. The fraction of sp³-hybridized carbons (Fsp3) is 0.500. The van der Waals surface area contributed by atoms with Gasteiger partial charge in [0.25, 0.3) is 0 Å². The molecule has 0 bridgehead atoms. The molecule has 0 saturated carbocycles. The van der Waals surface area contributed by atoms with Crippen LogP contribution >= 0.6 is 15.9 Å². The normalized spacial score (nSPS) is 21.7. The summed E-state index contributed by atoms with van der Waals surface area (Å²) in [6.07, 6.45) is 1.70. The van der Waals surface area contributed by atoms with E-state index in [1.165, 1.54) is 0 Å². The van der Waals surface area contributed by atoms with E-state index < -0.39 is 5.41 Å². The van der Waals surface area contributed by atoms with Crippen molar-refractivity contribution in [3.8, 4) is 17.6 Å². The van der Waals surface area contributed by atoms with Crippen LogP contribution < -0.4 is 9.47 Å². The van der Waals surface area contributed by atoms with Gasteiger partial charge in [-0.05, 0) is 15.9 Å². The molecule has 0 aliphatic carbocycles. The fourth-order valence-electron chi connectivity index (χ4n) is 3.13. The lowest BCUT2D eigenvalue weighted by molar-refractivity contribution is -0.0310. The third-order valence-electron chi connectivity index (χ3n) is 4.13. The van der Waals surface area contributed by atoms with E-state index in [2.05, 4.69) is 22.0 Å². The van der Waals surface area contributed by atoms with Crippen molar-refractivity contribution in [1.29, 1.82) is 5.26 Å². The molecule has 1 aromatic carbocycles. The summed E-state index contributed by atoms with van der Waals surface area (Å²) in [5.74, 6) is 1.79. The molecule has 0 amide bonds. The first-order valence-corrected chi connectivity index (χ1v) is 7.18. The molecule has 0 spiro atoms. The highest BCUT2D eigenvalue weighted by atomic mass is 79.9. The topological polar surface area (TPSA) is 51.5 Å². The van der Waals surface area contributed by atoms with Gasteiger partial charge in [0.15, 0.2) is 0 Å². The Morgan fingerprint density at radius 3 is 2.37 bits per heavy atom. The second kappa shape index (κ2) is 3.87. The molecule has 1 fully saturated rings. The van der Waals surface area contributed by atoms with E-state index in [1.807, 2.05) is 0 Å². The van der Waals surface area contributed by atoms with Crippen molar-refractivity contribution in [2.45, 2.75) is 18.3 Å². The highest BCUT2D eigenvalue weighted by molar-refractivity contribution is 9.10. The Labute approximate surface area is 119 Å². The second-order valence-electron chi connectivity index (χ2n) is 5.19. The molecular formula is C14H12BrNO3. The molecule has 0 aromatic heterocycles. The molecule has 0 N–H and O–H groups in total. The van der Waals surface area contributed by atoms with Gasteiger partial charge in [-0.2, -0.15) is 5.26 Å². The minimum absolute atomic E-state index is 0.452. The first kappa shape index (κ1) is 11.6. The first-order chi connectivity index (χ1) is 9.27. The zero-order chi connectivity index (χ0) is 13.0. The lowest BCUT2D eigenvalue weighted by Gasteiger charge is -2.37. The molecule has 1 aromatic rings. The number of benzene rings is 1. The van der Waals surface area contributed by atoms with E-state index in [-0.39, 0.29) is 0 Å². The third kappa shape index (κ3) is 1.36. The molecule has 1 saturated heterocycles. The molecular weight excluding hydrogens is 310 g/mol. The van der Waals surface area contributed by atoms with Crippen LogP contribution in [0.4, 0.5) is 0 Å². The molecule has 0 unspecified atom stereocenters. The third-order valence-corrected chi connectivity index (χ3v) is 4.97. The van der Waals surface area contributed by atoms with Gasteiger partial charge in [-0.25, -0.2) is 0 Å². The van der Waals surface area contributed by atoms with Gasteiger partial charge >= 0.3 is 0 Å². The smallest absolute Gasteiger partial charge is 0.137 e. The van der Waals surface area contributed by atoms with Crippen LogP contribution in [0.15, 0.2) is 4.47 Å². The molecule has 3 aliphatic heterocycles. The van der Waals surface area contributed by atoms with E-state index in [4.69, 9.17) is 14.2 Å². The van der Waals surface area contributed by atoms with Crippen LogP contribution in [0.25, 0.3) is 0 Å². The van der Waals surface area contributed by atoms with E-state index in [9.17, 15) is 5.26 Å². The maximum absolute atomic E-state index is 9.58. The van der Waals surface area contributed by atoms with Gasteiger partial charge < -0.3 is 14.2 Å². The number of hydrogen-bond donors (Lipinski definition) is 0. The highest BCUT2D eigenvalue weighted by Crippen LogP contribution is 2.52. The summed E-state index contributed by atoms with van der Waals surface area (Å²) in [7, 11) is 0. The average Bonchev–Trinajstić information content (AvgIpc) is 3.01. The molecule has 4 rings (SSSR count). The van der Waals surface area contributed by atoms with Gasteiger partial charge in [0, 0.05) is 29.5 Å². The molecule has 5 heteroatoms. The SMILES string of the molecule is N#CC1(c2c3c(c(Br)c4c2OCC4)OCC3)COC1. The van der Waals surface area contributed by atoms with Crippen LogP contribution in [0.5, 0.6) is 11.5 Å². The van der Waals surface area contributed by atoms with Crippen LogP contribution in [-0.4, -0.2) is 26.4 Å². The van der Waals surface area contributed by atoms with Gasteiger partial charge in [0.2, 0.25) is 0 Å². The number of ether oxygens (including phenoxy) is 3. The first-order valence-electron chi connectivity index (χ1n) is 6.39. The van der Waals surface area contributed by atoms with Crippen LogP contribution in [0.1, 0.15) is 16.7 Å². The quantitative estimate of drug-likeness (QED) is 0.795. The zero-order valence-electron chi connectivity index (χ0n) is 10.3. The summed E-state index contributed by atoms with van der Waals surface area (Å²) in [5, 5.41) is 9.58. The Morgan fingerprint density at radius 1 is 1.05 bits per heavy atom. The number of nitriles is 1. The Morgan fingerprint density at radius 2 is 1.74 bits per heavy atom. The van der Waals surface area contributed by atoms with Crippen molar-refractivity contribution < 1.29 is 14.2 Å². The molecule has 4 nitrogen and oxygen atoms in total. The highest BCUT2D eigenvalue weighted by Gasteiger charge is 2.48. The molecule has 3 heterocycles. The van der Waals surface area contributed by atoms with E-state index in [0.29, 0.717) is 26.4 Å². The average molecular weight is 322 g/mol. The summed E-state index contributed by atoms with van der Waals surface area (Å²) >= 11 is 3.63. The number of halogens is 1. The number of nitrogens with zero attached hydrogens (tertiary/aromatic N) is 1. The van der Waals surface area contributed by atoms with Crippen molar-refractivity contribution in [3.63, 3.8) is 0 Å². The van der Waals surface area contributed by atoms with Gasteiger partial charge in [-0.15, -0.1) is 0 Å². The van der Waals surface area contributed by atoms with Crippen molar-refractivity contribution in [1.82, 2.24) is 0 Å². The van der Waals surface area contributed by atoms with Gasteiger partial charge in [-0.1, -0.05) is 0 Å². The molecule has 0 radical (unpaired) electrons. The monoisotopic (exact) mass is 321 g/mol. The number of rotatable bonds is 1. The van der Waals surface area contributed by atoms with Crippen molar-refractivity contribution in [2.24, 2.45) is 0 Å². The van der Waals surface area contributed by atoms with E-state index in [0.717, 1.165) is 45.5 Å². The maximum Gasteiger partial charge on any atom is 0.137 e. The van der Waals surface area contributed by atoms with Gasteiger partial charge in [0.1, 0.15) is 16.9 Å². The van der Waals surface area contributed by atoms with Crippen LogP contribution in [-0.2, 0) is 23.0 Å². The van der Waals surface area contributed by atoms with Gasteiger partial charge in [-0.3, -0.25) is 0 Å². The Hall–Kier alpha value is -1.25. The Balaban J connectivity index is 2.03. The van der Waals surface area contributed by atoms with Crippen LogP contribution in [0.3, 0.4) is 0 Å². The van der Waals surface area contributed by atoms with Crippen molar-refractivity contribution in [2.75, 3.05) is 26.4 Å². The summed E-state index contributed by atoms with van der Waals surface area (Å²) in [4.78, 5) is 0. The number of hydrogen-bond acceptors (Lipinski definition) is 4. The predicted molar refractivity (Wildman–Crippen MR) is 70.7 cm³/mol. The van der Waals surface area contributed by atoms with Crippen LogP contribution in [0.2, 0.25) is 0 Å². The lowest BCUT2D eigenvalue weighted by atomic mass is 9.76. The predicted octanol–water partition coefficient (Wildman–Crippen LogP) is 2.11. The van der Waals surface area contributed by atoms with Crippen molar-refractivity contribution in [3.05, 3.63) is 21.2 Å². The minimum atomic E-state index is -0.549. The standard InChI is InChI=1S/C14H12BrNO3/c15-11-9-2-4-18-12(9)10(8-1-3-19-13(8)11)14(5-16)6-17-7-14/h1-4,6-7H2. The van der Waals surface area contributed by atoms with Crippen molar-refractivity contribution >= 4 is 15.9 Å². The number of fused-ring (bicyclic) bond motifs is 2. The molecule has 3 aliphatic rings. The summed E-state index contributed by atoms with van der Waals surface area (Å²) in [6.45, 7) is 2.25. The Bertz CT molecular complexity index is 581.